The molecule has 1 aromatic heterocycles. The van der Waals surface area contributed by atoms with Crippen LogP contribution in [0.3, 0.4) is 0 Å². The zero-order valence-electron chi connectivity index (χ0n) is 17.4. The van der Waals surface area contributed by atoms with Crippen LogP contribution in [0.4, 0.5) is 18.9 Å². The van der Waals surface area contributed by atoms with Crippen LogP contribution in [0.15, 0.2) is 72.1 Å². The summed E-state index contributed by atoms with van der Waals surface area (Å²) in [6, 6.07) is 9.57. The Hall–Kier alpha value is -3.34. The van der Waals surface area contributed by atoms with Crippen molar-refractivity contribution in [2.45, 2.75) is 30.0 Å². The SMILES string of the molecule is O=C(c1ccc(S(=O)(=O)Nc2cccc(C(F)(F)F)c2)cc1)N1CCC(n2ccnc2)CC1. The molecule has 174 valence electrons. The molecule has 2 aromatic carbocycles. The number of alkyl halides is 3. The lowest BCUT2D eigenvalue weighted by molar-refractivity contribution is -0.137. The summed E-state index contributed by atoms with van der Waals surface area (Å²) in [4.78, 5) is 18.4. The topological polar surface area (TPSA) is 84.3 Å². The second-order valence-corrected chi connectivity index (χ2v) is 9.42. The lowest BCUT2D eigenvalue weighted by Crippen LogP contribution is -2.38. The van der Waals surface area contributed by atoms with Crippen molar-refractivity contribution in [3.05, 3.63) is 78.4 Å². The number of nitrogens with zero attached hydrogens (tertiary/aromatic N) is 3. The number of hydrogen-bond acceptors (Lipinski definition) is 4. The number of benzene rings is 2. The summed E-state index contributed by atoms with van der Waals surface area (Å²) in [6.45, 7) is 1.14. The van der Waals surface area contributed by atoms with Gasteiger partial charge in [0.05, 0.1) is 16.8 Å². The van der Waals surface area contributed by atoms with Crippen molar-refractivity contribution in [2.24, 2.45) is 0 Å². The highest BCUT2D eigenvalue weighted by Gasteiger charge is 2.31. The molecule has 0 saturated carbocycles. The molecule has 0 atom stereocenters. The maximum atomic E-state index is 12.9. The Bertz CT molecular complexity index is 1220. The van der Waals surface area contributed by atoms with E-state index in [1.807, 2.05) is 10.8 Å². The Morgan fingerprint density at radius 1 is 1.06 bits per heavy atom. The first-order valence-electron chi connectivity index (χ1n) is 10.2. The molecule has 1 N–H and O–H groups in total. The van der Waals surface area contributed by atoms with E-state index in [0.717, 1.165) is 31.0 Å². The normalized spacial score (nSPS) is 15.4. The van der Waals surface area contributed by atoms with Gasteiger partial charge in [-0.3, -0.25) is 9.52 Å². The maximum Gasteiger partial charge on any atom is 0.416 e. The molecule has 33 heavy (non-hydrogen) atoms. The second kappa shape index (κ2) is 8.89. The number of aromatic nitrogens is 2. The van der Waals surface area contributed by atoms with Gasteiger partial charge in [-0.1, -0.05) is 6.07 Å². The number of imidazole rings is 1. The average molecular weight is 478 g/mol. The zero-order chi connectivity index (χ0) is 23.6. The van der Waals surface area contributed by atoms with E-state index in [1.165, 1.54) is 30.3 Å². The number of carbonyl (C=O) groups is 1. The third-order valence-corrected chi connectivity index (χ3v) is 6.95. The van der Waals surface area contributed by atoms with Gasteiger partial charge in [0.25, 0.3) is 15.9 Å². The smallest absolute Gasteiger partial charge is 0.338 e. The molecular formula is C22H21F3N4O3S. The lowest BCUT2D eigenvalue weighted by atomic mass is 10.0. The Morgan fingerprint density at radius 3 is 2.36 bits per heavy atom. The molecule has 7 nitrogen and oxygen atoms in total. The van der Waals surface area contributed by atoms with Crippen LogP contribution in [0.5, 0.6) is 0 Å². The Balaban J connectivity index is 1.42. The van der Waals surface area contributed by atoms with E-state index in [-0.39, 0.29) is 22.5 Å². The van der Waals surface area contributed by atoms with Gasteiger partial charge in [0.1, 0.15) is 0 Å². The molecule has 1 fully saturated rings. The van der Waals surface area contributed by atoms with Crippen molar-refractivity contribution >= 4 is 21.6 Å². The Morgan fingerprint density at radius 2 is 1.76 bits per heavy atom. The van der Waals surface area contributed by atoms with Gasteiger partial charge in [-0.2, -0.15) is 13.2 Å². The number of carbonyl (C=O) groups excluding carboxylic acids is 1. The van der Waals surface area contributed by atoms with Gasteiger partial charge in [-0.05, 0) is 55.3 Å². The van der Waals surface area contributed by atoms with E-state index in [4.69, 9.17) is 0 Å². The molecule has 0 unspecified atom stereocenters. The zero-order valence-corrected chi connectivity index (χ0v) is 18.2. The summed E-state index contributed by atoms with van der Waals surface area (Å²) < 4.78 is 68.0. The number of piperidine rings is 1. The monoisotopic (exact) mass is 478 g/mol. The number of anilines is 1. The number of halogens is 3. The van der Waals surface area contributed by atoms with Crippen LogP contribution >= 0.6 is 0 Å². The van der Waals surface area contributed by atoms with Gasteiger partial charge in [-0.25, -0.2) is 13.4 Å². The summed E-state index contributed by atoms with van der Waals surface area (Å²) >= 11 is 0. The molecule has 0 bridgehead atoms. The number of hydrogen-bond donors (Lipinski definition) is 1. The first kappa shape index (κ1) is 22.8. The second-order valence-electron chi connectivity index (χ2n) is 7.74. The van der Waals surface area contributed by atoms with Crippen LogP contribution < -0.4 is 4.72 Å². The van der Waals surface area contributed by atoms with Crippen molar-refractivity contribution in [3.8, 4) is 0 Å². The predicted molar refractivity (Wildman–Crippen MR) is 115 cm³/mol. The summed E-state index contributed by atoms with van der Waals surface area (Å²) in [5, 5.41) is 0. The van der Waals surface area contributed by atoms with Gasteiger partial charge in [0, 0.05) is 42.8 Å². The molecule has 0 aliphatic carbocycles. The highest BCUT2D eigenvalue weighted by atomic mass is 32.2. The van der Waals surface area contributed by atoms with Crippen LogP contribution in [0.2, 0.25) is 0 Å². The molecule has 0 radical (unpaired) electrons. The number of amides is 1. The standard InChI is InChI=1S/C22H21F3N4O3S/c23-22(24,25)17-2-1-3-18(14-17)27-33(31,32)20-6-4-16(5-7-20)21(30)28-11-8-19(9-12-28)29-13-10-26-15-29/h1-7,10,13-15,19,27H,8-9,11-12H2. The number of nitrogens with one attached hydrogen (secondary N) is 1. The van der Waals surface area contributed by atoms with Crippen LogP contribution in [-0.2, 0) is 16.2 Å². The summed E-state index contributed by atoms with van der Waals surface area (Å²) in [5.41, 5.74) is -0.819. The number of rotatable bonds is 5. The highest BCUT2D eigenvalue weighted by molar-refractivity contribution is 7.92. The van der Waals surface area contributed by atoms with Crippen molar-refractivity contribution in [1.82, 2.24) is 14.5 Å². The average Bonchev–Trinajstić information content (AvgIpc) is 3.33. The van der Waals surface area contributed by atoms with Crippen molar-refractivity contribution in [2.75, 3.05) is 17.8 Å². The molecule has 0 spiro atoms. The fraction of sp³-hybridized carbons (Fsp3) is 0.273. The molecule has 3 aromatic rings. The van der Waals surface area contributed by atoms with E-state index >= 15 is 0 Å². The highest BCUT2D eigenvalue weighted by Crippen LogP contribution is 2.31. The number of sulfonamides is 1. The van der Waals surface area contributed by atoms with Crippen molar-refractivity contribution in [1.29, 1.82) is 0 Å². The third-order valence-electron chi connectivity index (χ3n) is 5.55. The van der Waals surface area contributed by atoms with Crippen LogP contribution in [0.25, 0.3) is 0 Å². The van der Waals surface area contributed by atoms with E-state index in [2.05, 4.69) is 9.71 Å². The fourth-order valence-corrected chi connectivity index (χ4v) is 4.83. The van der Waals surface area contributed by atoms with E-state index in [0.29, 0.717) is 18.7 Å². The van der Waals surface area contributed by atoms with Gasteiger partial charge in [-0.15, -0.1) is 0 Å². The molecule has 1 saturated heterocycles. The minimum Gasteiger partial charge on any atom is -0.338 e. The van der Waals surface area contributed by atoms with Crippen LogP contribution in [-0.4, -0.2) is 41.9 Å². The fourth-order valence-electron chi connectivity index (χ4n) is 3.78. The van der Waals surface area contributed by atoms with E-state index in [1.54, 1.807) is 17.4 Å². The van der Waals surface area contributed by atoms with E-state index in [9.17, 15) is 26.4 Å². The molecule has 4 rings (SSSR count). The van der Waals surface area contributed by atoms with Gasteiger partial charge >= 0.3 is 6.18 Å². The van der Waals surface area contributed by atoms with Crippen molar-refractivity contribution < 1.29 is 26.4 Å². The molecule has 1 amide bonds. The predicted octanol–water partition coefficient (Wildman–Crippen LogP) is 4.18. The molecule has 2 heterocycles. The Labute approximate surface area is 188 Å². The molecular weight excluding hydrogens is 457 g/mol. The molecule has 11 heteroatoms. The minimum atomic E-state index is -4.59. The van der Waals surface area contributed by atoms with Crippen LogP contribution in [0, 0.1) is 0 Å². The third kappa shape index (κ3) is 5.19. The first-order chi connectivity index (χ1) is 15.6. The van der Waals surface area contributed by atoms with Crippen LogP contribution in [0.1, 0.15) is 34.8 Å². The van der Waals surface area contributed by atoms with E-state index < -0.39 is 21.8 Å². The van der Waals surface area contributed by atoms with Gasteiger partial charge in [0.15, 0.2) is 0 Å². The number of likely N-dealkylation sites (tertiary alicyclic amines) is 1. The Kier molecular flexibility index (Phi) is 6.15. The van der Waals surface area contributed by atoms with Gasteiger partial charge in [0.2, 0.25) is 0 Å². The summed E-state index contributed by atoms with van der Waals surface area (Å²) in [7, 11) is -4.13. The quantitative estimate of drug-likeness (QED) is 0.596. The molecule has 1 aliphatic heterocycles. The summed E-state index contributed by atoms with van der Waals surface area (Å²) in [5.74, 6) is -0.200. The molecule has 1 aliphatic rings. The van der Waals surface area contributed by atoms with Crippen molar-refractivity contribution in [3.63, 3.8) is 0 Å². The maximum absolute atomic E-state index is 12.9. The summed E-state index contributed by atoms with van der Waals surface area (Å²) in [6.07, 6.45) is 2.36. The minimum absolute atomic E-state index is 0.157. The lowest BCUT2D eigenvalue weighted by Gasteiger charge is -2.32. The first-order valence-corrected chi connectivity index (χ1v) is 11.7. The largest absolute Gasteiger partial charge is 0.416 e. The van der Waals surface area contributed by atoms with Gasteiger partial charge < -0.3 is 9.47 Å².